The first-order valence-electron chi connectivity index (χ1n) is 6.00. The van der Waals surface area contributed by atoms with Gasteiger partial charge in [-0.3, -0.25) is 0 Å². The van der Waals surface area contributed by atoms with E-state index in [0.29, 0.717) is 11.8 Å². The Morgan fingerprint density at radius 2 is 2.07 bits per heavy atom. The summed E-state index contributed by atoms with van der Waals surface area (Å²) in [4.78, 5) is 0. The Balaban J connectivity index is 1.97. The van der Waals surface area contributed by atoms with E-state index in [2.05, 4.69) is 6.58 Å². The highest BCUT2D eigenvalue weighted by molar-refractivity contribution is 5.23. The number of hydrogen-bond donors (Lipinski definition) is 1. The van der Waals surface area contributed by atoms with Crippen molar-refractivity contribution in [3.8, 4) is 0 Å². The lowest BCUT2D eigenvalue weighted by atomic mass is 9.77. The van der Waals surface area contributed by atoms with Crippen molar-refractivity contribution in [1.82, 2.24) is 0 Å². The Kier molecular flexibility index (Phi) is 1.69. The van der Waals surface area contributed by atoms with Crippen molar-refractivity contribution in [2.45, 2.75) is 44.6 Å². The molecule has 0 radical (unpaired) electrons. The molecule has 1 N–H and O–H groups in total. The molecule has 14 heavy (non-hydrogen) atoms. The highest BCUT2D eigenvalue weighted by Gasteiger charge is 2.59. The minimum absolute atomic E-state index is 0.490. The Morgan fingerprint density at radius 3 is 2.79 bits per heavy atom. The number of rotatable bonds is 1. The molecule has 5 atom stereocenters. The van der Waals surface area contributed by atoms with Gasteiger partial charge in [0, 0.05) is 0 Å². The van der Waals surface area contributed by atoms with E-state index in [0.717, 1.165) is 17.4 Å². The Morgan fingerprint density at radius 1 is 1.29 bits per heavy atom. The molecule has 0 aliphatic heterocycles. The maximum Gasteiger partial charge on any atom is 0.0910 e. The lowest BCUT2D eigenvalue weighted by Gasteiger charge is -2.35. The Hall–Kier alpha value is -0.300. The van der Waals surface area contributed by atoms with Gasteiger partial charge in [-0.2, -0.15) is 0 Å². The molecule has 1 heteroatoms. The molecule has 3 saturated carbocycles. The van der Waals surface area contributed by atoms with E-state index in [-0.39, 0.29) is 0 Å². The van der Waals surface area contributed by atoms with E-state index >= 15 is 0 Å². The number of aliphatic hydroxyl groups is 1. The van der Waals surface area contributed by atoms with Crippen LogP contribution in [0.4, 0.5) is 0 Å². The molecule has 0 aromatic carbocycles. The third kappa shape index (κ3) is 0.995. The first kappa shape index (κ1) is 8.96. The summed E-state index contributed by atoms with van der Waals surface area (Å²) < 4.78 is 0. The summed E-state index contributed by atoms with van der Waals surface area (Å²) >= 11 is 0. The van der Waals surface area contributed by atoms with Gasteiger partial charge in [0.05, 0.1) is 5.60 Å². The lowest BCUT2D eigenvalue weighted by molar-refractivity contribution is -0.00332. The summed E-state index contributed by atoms with van der Waals surface area (Å²) in [5.74, 6) is 2.84. The fourth-order valence-electron chi connectivity index (χ4n) is 4.13. The molecule has 4 unspecified atom stereocenters. The standard InChI is InChI=1S/C13H20O/c1-8(2)13(14)11-4-3-9(6-11)5-10-7-12(10)13/h9-12,14H,1,3-7H2,2H3/t9?,10?,11?,12-,13?/m0/s1. The summed E-state index contributed by atoms with van der Waals surface area (Å²) in [7, 11) is 0. The minimum atomic E-state index is -0.490. The van der Waals surface area contributed by atoms with Crippen LogP contribution < -0.4 is 0 Å². The van der Waals surface area contributed by atoms with Crippen molar-refractivity contribution in [1.29, 1.82) is 0 Å². The summed E-state index contributed by atoms with van der Waals surface area (Å²) in [5.41, 5.74) is 0.535. The van der Waals surface area contributed by atoms with E-state index in [9.17, 15) is 5.11 Å². The van der Waals surface area contributed by atoms with Crippen molar-refractivity contribution in [3.05, 3.63) is 12.2 Å². The second-order valence-electron chi connectivity index (χ2n) is 5.82. The quantitative estimate of drug-likeness (QED) is 0.633. The molecule has 0 spiro atoms. The monoisotopic (exact) mass is 192 g/mol. The van der Waals surface area contributed by atoms with Crippen molar-refractivity contribution in [2.75, 3.05) is 0 Å². The molecule has 3 aliphatic rings. The molecular formula is C13H20O. The van der Waals surface area contributed by atoms with E-state index in [1.54, 1.807) is 0 Å². The van der Waals surface area contributed by atoms with Crippen LogP contribution in [0.1, 0.15) is 39.0 Å². The van der Waals surface area contributed by atoms with Crippen LogP contribution in [0.25, 0.3) is 0 Å². The van der Waals surface area contributed by atoms with Crippen LogP contribution in [0.15, 0.2) is 12.2 Å². The largest absolute Gasteiger partial charge is 0.385 e. The Bertz CT molecular complexity index is 283. The van der Waals surface area contributed by atoms with Gasteiger partial charge < -0.3 is 5.11 Å². The molecule has 0 aromatic heterocycles. The average molecular weight is 192 g/mol. The molecule has 0 aromatic rings. The second-order valence-corrected chi connectivity index (χ2v) is 5.82. The third-order valence-corrected chi connectivity index (χ3v) is 4.97. The third-order valence-electron chi connectivity index (χ3n) is 4.97. The van der Waals surface area contributed by atoms with Gasteiger partial charge in [-0.05, 0) is 61.9 Å². The van der Waals surface area contributed by atoms with E-state index in [4.69, 9.17) is 0 Å². The number of hydrogen-bond acceptors (Lipinski definition) is 1. The highest BCUT2D eigenvalue weighted by Crippen LogP contribution is 2.62. The molecule has 2 bridgehead atoms. The van der Waals surface area contributed by atoms with Crippen LogP contribution in [-0.4, -0.2) is 10.7 Å². The Labute approximate surface area is 86.2 Å². The molecule has 3 fully saturated rings. The average Bonchev–Trinajstić information content (AvgIpc) is 2.71. The van der Waals surface area contributed by atoms with E-state index in [1.165, 1.54) is 32.1 Å². The van der Waals surface area contributed by atoms with Crippen LogP contribution in [0, 0.1) is 23.7 Å². The molecule has 0 amide bonds. The van der Waals surface area contributed by atoms with Crippen molar-refractivity contribution in [2.24, 2.45) is 23.7 Å². The molecule has 0 heterocycles. The SMILES string of the molecule is C=C(C)C1(O)C2CCC(CC3C[C@@H]31)C2. The van der Waals surface area contributed by atoms with Gasteiger partial charge in [0.2, 0.25) is 0 Å². The van der Waals surface area contributed by atoms with Crippen LogP contribution in [-0.2, 0) is 0 Å². The minimum Gasteiger partial charge on any atom is -0.385 e. The van der Waals surface area contributed by atoms with Gasteiger partial charge in [-0.15, -0.1) is 0 Å². The van der Waals surface area contributed by atoms with Crippen LogP contribution >= 0.6 is 0 Å². The zero-order valence-corrected chi connectivity index (χ0v) is 9.00. The fraction of sp³-hybridized carbons (Fsp3) is 0.846. The van der Waals surface area contributed by atoms with Gasteiger partial charge in [-0.25, -0.2) is 0 Å². The first-order chi connectivity index (χ1) is 6.62. The van der Waals surface area contributed by atoms with Gasteiger partial charge in [-0.1, -0.05) is 13.0 Å². The summed E-state index contributed by atoms with van der Waals surface area (Å²) in [6.07, 6.45) is 6.49. The predicted octanol–water partition coefficient (Wildman–Crippen LogP) is 2.75. The van der Waals surface area contributed by atoms with E-state index in [1.807, 2.05) is 6.92 Å². The van der Waals surface area contributed by atoms with Crippen LogP contribution in [0.2, 0.25) is 0 Å². The summed E-state index contributed by atoms with van der Waals surface area (Å²) in [6, 6.07) is 0. The molecule has 3 aliphatic carbocycles. The first-order valence-corrected chi connectivity index (χ1v) is 6.00. The summed E-state index contributed by atoms with van der Waals surface area (Å²) in [6.45, 7) is 6.06. The predicted molar refractivity (Wildman–Crippen MR) is 56.8 cm³/mol. The molecule has 1 nitrogen and oxygen atoms in total. The van der Waals surface area contributed by atoms with E-state index < -0.39 is 5.60 Å². The smallest absolute Gasteiger partial charge is 0.0910 e. The zero-order chi connectivity index (χ0) is 9.92. The number of fused-ring (bicyclic) bond motifs is 3. The molecule has 3 rings (SSSR count). The fourth-order valence-corrected chi connectivity index (χ4v) is 4.13. The topological polar surface area (TPSA) is 20.2 Å². The maximum absolute atomic E-state index is 10.8. The molecule has 78 valence electrons. The summed E-state index contributed by atoms with van der Waals surface area (Å²) in [5, 5.41) is 10.8. The van der Waals surface area contributed by atoms with Gasteiger partial charge in [0.1, 0.15) is 0 Å². The van der Waals surface area contributed by atoms with Crippen molar-refractivity contribution in [3.63, 3.8) is 0 Å². The zero-order valence-electron chi connectivity index (χ0n) is 9.00. The molecule has 0 saturated heterocycles. The van der Waals surface area contributed by atoms with Gasteiger partial charge >= 0.3 is 0 Å². The van der Waals surface area contributed by atoms with Crippen molar-refractivity contribution < 1.29 is 5.11 Å². The maximum atomic E-state index is 10.8. The lowest BCUT2D eigenvalue weighted by Crippen LogP contribution is -2.40. The van der Waals surface area contributed by atoms with Gasteiger partial charge in [0.25, 0.3) is 0 Å². The van der Waals surface area contributed by atoms with Crippen molar-refractivity contribution >= 4 is 0 Å². The van der Waals surface area contributed by atoms with Gasteiger partial charge in [0.15, 0.2) is 0 Å². The highest BCUT2D eigenvalue weighted by atomic mass is 16.3. The molecular weight excluding hydrogens is 172 g/mol. The van der Waals surface area contributed by atoms with Crippen LogP contribution in [0.5, 0.6) is 0 Å². The second kappa shape index (κ2) is 2.63. The normalized spacial score (nSPS) is 55.0. The van der Waals surface area contributed by atoms with Crippen LogP contribution in [0.3, 0.4) is 0 Å².